The van der Waals surface area contributed by atoms with Gasteiger partial charge in [0.1, 0.15) is 5.03 Å². The lowest BCUT2D eigenvalue weighted by molar-refractivity contribution is 0.200. The molecule has 2 N–H and O–H groups in total. The van der Waals surface area contributed by atoms with E-state index in [1.165, 1.54) is 0 Å². The lowest BCUT2D eigenvalue weighted by Gasteiger charge is -2.10. The van der Waals surface area contributed by atoms with Crippen LogP contribution >= 0.6 is 11.8 Å². The second kappa shape index (κ2) is 6.82. The van der Waals surface area contributed by atoms with Gasteiger partial charge in [0, 0.05) is 37.3 Å². The molecule has 0 bridgehead atoms. The van der Waals surface area contributed by atoms with E-state index >= 15 is 0 Å². The highest BCUT2D eigenvalue weighted by Crippen LogP contribution is 2.24. The first-order valence-corrected chi connectivity index (χ1v) is 6.06. The molecule has 0 fully saturated rings. The second-order valence-corrected chi connectivity index (χ2v) is 4.46. The Hall–Kier alpha value is -0.580. The van der Waals surface area contributed by atoms with Crippen molar-refractivity contribution in [3.05, 3.63) is 23.9 Å². The van der Waals surface area contributed by atoms with Crippen molar-refractivity contribution in [2.24, 2.45) is 5.73 Å². The van der Waals surface area contributed by atoms with Gasteiger partial charge in [-0.1, -0.05) is 6.07 Å². The summed E-state index contributed by atoms with van der Waals surface area (Å²) in [6, 6.07) is 4.01. The first-order valence-electron chi connectivity index (χ1n) is 5.08. The third kappa shape index (κ3) is 4.20. The van der Waals surface area contributed by atoms with Gasteiger partial charge in [-0.15, -0.1) is 11.8 Å². The average Bonchev–Trinajstić information content (AvgIpc) is 2.25. The molecule has 0 aromatic carbocycles. The maximum atomic E-state index is 5.87. The standard InChI is InChI=1S/C11H18N2OS/c1-9(12)10-5-3-6-13-11(10)15-8-4-7-14-2/h3,5-6,9H,4,7-8,12H2,1-2H3/t9-/m0/s1. The molecule has 0 spiro atoms. The predicted molar refractivity (Wildman–Crippen MR) is 64.1 cm³/mol. The molecule has 1 aromatic rings. The fourth-order valence-electron chi connectivity index (χ4n) is 1.24. The third-order valence-corrected chi connectivity index (χ3v) is 3.13. The lowest BCUT2D eigenvalue weighted by Crippen LogP contribution is -2.07. The Labute approximate surface area is 95.4 Å². The summed E-state index contributed by atoms with van der Waals surface area (Å²) >= 11 is 1.74. The maximum Gasteiger partial charge on any atom is 0.101 e. The minimum absolute atomic E-state index is 0.0450. The zero-order valence-corrected chi connectivity index (χ0v) is 10.1. The van der Waals surface area contributed by atoms with Crippen LogP contribution < -0.4 is 5.73 Å². The third-order valence-electron chi connectivity index (χ3n) is 2.02. The van der Waals surface area contributed by atoms with E-state index in [1.54, 1.807) is 18.9 Å². The minimum Gasteiger partial charge on any atom is -0.385 e. The molecule has 0 aliphatic carbocycles. The van der Waals surface area contributed by atoms with Crippen molar-refractivity contribution >= 4 is 11.8 Å². The summed E-state index contributed by atoms with van der Waals surface area (Å²) in [7, 11) is 1.72. The van der Waals surface area contributed by atoms with Crippen molar-refractivity contribution in [3.63, 3.8) is 0 Å². The Morgan fingerprint density at radius 1 is 1.60 bits per heavy atom. The van der Waals surface area contributed by atoms with Gasteiger partial charge < -0.3 is 10.5 Å². The summed E-state index contributed by atoms with van der Waals surface area (Å²) in [5.41, 5.74) is 6.99. The van der Waals surface area contributed by atoms with Gasteiger partial charge in [0.2, 0.25) is 0 Å². The number of thioether (sulfide) groups is 1. The minimum atomic E-state index is 0.0450. The van der Waals surface area contributed by atoms with E-state index in [4.69, 9.17) is 10.5 Å². The molecule has 0 saturated heterocycles. The summed E-state index contributed by atoms with van der Waals surface area (Å²) < 4.78 is 5.00. The van der Waals surface area contributed by atoms with E-state index in [0.717, 1.165) is 29.4 Å². The van der Waals surface area contributed by atoms with Crippen LogP contribution in [0.3, 0.4) is 0 Å². The fourth-order valence-corrected chi connectivity index (χ4v) is 2.25. The van der Waals surface area contributed by atoms with Crippen LogP contribution in [0.4, 0.5) is 0 Å². The van der Waals surface area contributed by atoms with Crippen molar-refractivity contribution in [1.29, 1.82) is 0 Å². The number of aromatic nitrogens is 1. The summed E-state index contributed by atoms with van der Waals surface area (Å²) in [6.07, 6.45) is 2.85. The quantitative estimate of drug-likeness (QED) is 0.597. The molecule has 0 aliphatic rings. The number of pyridine rings is 1. The van der Waals surface area contributed by atoms with Gasteiger partial charge in [-0.25, -0.2) is 4.98 Å². The Morgan fingerprint density at radius 2 is 2.40 bits per heavy atom. The van der Waals surface area contributed by atoms with Crippen LogP contribution in [0.5, 0.6) is 0 Å². The van der Waals surface area contributed by atoms with Crippen molar-refractivity contribution in [1.82, 2.24) is 4.98 Å². The maximum absolute atomic E-state index is 5.87. The number of rotatable bonds is 6. The van der Waals surface area contributed by atoms with E-state index in [0.29, 0.717) is 0 Å². The highest BCUT2D eigenvalue weighted by Gasteiger charge is 2.07. The Morgan fingerprint density at radius 3 is 3.07 bits per heavy atom. The summed E-state index contributed by atoms with van der Waals surface area (Å²) in [5, 5.41) is 1.05. The van der Waals surface area contributed by atoms with Crippen LogP contribution in [0.2, 0.25) is 0 Å². The fraction of sp³-hybridized carbons (Fsp3) is 0.545. The zero-order valence-electron chi connectivity index (χ0n) is 9.27. The van der Waals surface area contributed by atoms with E-state index in [9.17, 15) is 0 Å². The molecule has 0 aliphatic heterocycles. The van der Waals surface area contributed by atoms with E-state index in [2.05, 4.69) is 4.98 Å². The van der Waals surface area contributed by atoms with Gasteiger partial charge in [-0.2, -0.15) is 0 Å². The molecule has 3 nitrogen and oxygen atoms in total. The molecule has 15 heavy (non-hydrogen) atoms. The number of ether oxygens (including phenoxy) is 1. The molecular formula is C11H18N2OS. The van der Waals surface area contributed by atoms with Gasteiger partial charge in [0.25, 0.3) is 0 Å². The van der Waals surface area contributed by atoms with Crippen LogP contribution in [0.15, 0.2) is 23.4 Å². The monoisotopic (exact) mass is 226 g/mol. The van der Waals surface area contributed by atoms with Gasteiger partial charge >= 0.3 is 0 Å². The van der Waals surface area contributed by atoms with Crippen LogP contribution in [-0.2, 0) is 4.74 Å². The van der Waals surface area contributed by atoms with Gasteiger partial charge in [0.05, 0.1) is 0 Å². The molecular weight excluding hydrogens is 208 g/mol. The molecule has 1 heterocycles. The number of nitrogens with two attached hydrogens (primary N) is 1. The zero-order chi connectivity index (χ0) is 11.1. The number of nitrogens with zero attached hydrogens (tertiary/aromatic N) is 1. The normalized spacial score (nSPS) is 12.7. The van der Waals surface area contributed by atoms with Crippen LogP contribution in [0.25, 0.3) is 0 Å². The van der Waals surface area contributed by atoms with Crippen molar-refractivity contribution in [2.75, 3.05) is 19.5 Å². The molecule has 1 atom stereocenters. The Bertz CT molecular complexity index is 292. The SMILES string of the molecule is COCCCSc1ncccc1[C@H](C)N. The average molecular weight is 226 g/mol. The second-order valence-electron chi connectivity index (χ2n) is 3.38. The Balaban J connectivity index is 2.52. The predicted octanol–water partition coefficient (Wildman–Crippen LogP) is 2.23. The van der Waals surface area contributed by atoms with E-state index in [-0.39, 0.29) is 6.04 Å². The number of hydrogen-bond donors (Lipinski definition) is 1. The summed E-state index contributed by atoms with van der Waals surface area (Å²) in [6.45, 7) is 2.78. The first-order chi connectivity index (χ1) is 7.25. The van der Waals surface area contributed by atoms with Crippen molar-refractivity contribution in [3.8, 4) is 0 Å². The largest absolute Gasteiger partial charge is 0.385 e. The summed E-state index contributed by atoms with van der Waals surface area (Å²) in [5.74, 6) is 1.02. The van der Waals surface area contributed by atoms with Gasteiger partial charge in [-0.3, -0.25) is 0 Å². The number of hydrogen-bond acceptors (Lipinski definition) is 4. The van der Waals surface area contributed by atoms with E-state index < -0.39 is 0 Å². The molecule has 0 saturated carbocycles. The summed E-state index contributed by atoms with van der Waals surface area (Å²) in [4.78, 5) is 4.34. The molecule has 84 valence electrons. The number of methoxy groups -OCH3 is 1. The van der Waals surface area contributed by atoms with Gasteiger partial charge in [0.15, 0.2) is 0 Å². The smallest absolute Gasteiger partial charge is 0.101 e. The molecule has 0 amide bonds. The molecule has 1 aromatic heterocycles. The molecule has 0 radical (unpaired) electrons. The van der Waals surface area contributed by atoms with Crippen molar-refractivity contribution < 1.29 is 4.74 Å². The van der Waals surface area contributed by atoms with Crippen LogP contribution in [-0.4, -0.2) is 24.5 Å². The lowest BCUT2D eigenvalue weighted by atomic mass is 10.2. The molecule has 4 heteroatoms. The van der Waals surface area contributed by atoms with E-state index in [1.807, 2.05) is 25.3 Å². The highest BCUT2D eigenvalue weighted by atomic mass is 32.2. The van der Waals surface area contributed by atoms with Gasteiger partial charge in [-0.05, 0) is 19.4 Å². The highest BCUT2D eigenvalue weighted by molar-refractivity contribution is 7.99. The molecule has 1 rings (SSSR count). The van der Waals surface area contributed by atoms with Crippen LogP contribution in [0.1, 0.15) is 24.9 Å². The topological polar surface area (TPSA) is 48.1 Å². The molecule has 0 unspecified atom stereocenters. The van der Waals surface area contributed by atoms with Crippen molar-refractivity contribution in [2.45, 2.75) is 24.4 Å². The Kier molecular flexibility index (Phi) is 5.68. The first kappa shape index (κ1) is 12.5. The van der Waals surface area contributed by atoms with Crippen LogP contribution in [0, 0.1) is 0 Å².